The van der Waals surface area contributed by atoms with E-state index in [1.165, 1.54) is 6.33 Å². The number of aromatic amines is 2. The van der Waals surface area contributed by atoms with Crippen LogP contribution in [0.5, 0.6) is 0 Å². The Hall–Kier alpha value is -1.99. The number of H-pyrrole nitrogens is 2. The fraction of sp³-hybridized carbons (Fsp3) is 0.533. The first-order valence-corrected chi connectivity index (χ1v) is 7.53. The average molecular weight is 303 g/mol. The van der Waals surface area contributed by atoms with Crippen molar-refractivity contribution in [1.29, 1.82) is 0 Å². The van der Waals surface area contributed by atoms with Crippen molar-refractivity contribution in [3.8, 4) is 0 Å². The van der Waals surface area contributed by atoms with Crippen LogP contribution < -0.4 is 5.56 Å². The summed E-state index contributed by atoms with van der Waals surface area (Å²) in [4.78, 5) is 28.0. The second-order valence-corrected chi connectivity index (χ2v) is 5.76. The predicted octanol–water partition coefficient (Wildman–Crippen LogP) is 0.493. The van der Waals surface area contributed by atoms with E-state index in [1.54, 1.807) is 12.4 Å². The maximum atomic E-state index is 11.4. The van der Waals surface area contributed by atoms with Crippen LogP contribution in [-0.4, -0.2) is 51.1 Å². The number of nitrogens with one attached hydrogen (secondary N) is 2. The summed E-state index contributed by atoms with van der Waals surface area (Å²) in [6, 6.07) is 1.56. The number of ether oxygens (including phenoxy) is 1. The minimum absolute atomic E-state index is 0.108. The summed E-state index contributed by atoms with van der Waals surface area (Å²) in [6.07, 6.45) is 3.94. The number of hydrogen-bond acceptors (Lipinski definition) is 5. The highest BCUT2D eigenvalue weighted by Crippen LogP contribution is 2.14. The highest BCUT2D eigenvalue weighted by atomic mass is 16.5. The number of nitrogens with zero attached hydrogens (tertiary/aromatic N) is 3. The summed E-state index contributed by atoms with van der Waals surface area (Å²) < 4.78 is 5.71. The Morgan fingerprint density at radius 1 is 1.36 bits per heavy atom. The minimum Gasteiger partial charge on any atom is -0.380 e. The van der Waals surface area contributed by atoms with Crippen LogP contribution in [0.4, 0.5) is 0 Å². The molecule has 1 fully saturated rings. The Morgan fingerprint density at radius 3 is 3.00 bits per heavy atom. The van der Waals surface area contributed by atoms with Crippen LogP contribution in [0.25, 0.3) is 0 Å². The Balaban J connectivity index is 1.65. The van der Waals surface area contributed by atoms with E-state index >= 15 is 0 Å². The first-order valence-electron chi connectivity index (χ1n) is 7.53. The van der Waals surface area contributed by atoms with Crippen LogP contribution in [0.15, 0.2) is 23.5 Å². The normalized spacial score (nSPS) is 20.0. The van der Waals surface area contributed by atoms with Crippen molar-refractivity contribution >= 4 is 0 Å². The molecule has 7 heteroatoms. The lowest BCUT2D eigenvalue weighted by Crippen LogP contribution is -2.31. The van der Waals surface area contributed by atoms with Gasteiger partial charge in [-0.1, -0.05) is 0 Å². The summed E-state index contributed by atoms with van der Waals surface area (Å²) in [5, 5.41) is 0. The molecule has 0 aromatic carbocycles. The molecule has 0 saturated carbocycles. The molecule has 3 rings (SSSR count). The molecule has 1 aliphatic heterocycles. The van der Waals surface area contributed by atoms with E-state index in [1.807, 2.05) is 6.92 Å². The lowest BCUT2D eigenvalue weighted by molar-refractivity contribution is 0.121. The van der Waals surface area contributed by atoms with Crippen molar-refractivity contribution in [1.82, 2.24) is 24.8 Å². The van der Waals surface area contributed by atoms with Gasteiger partial charge in [0.05, 0.1) is 31.6 Å². The number of aromatic nitrogens is 4. The first kappa shape index (κ1) is 14.9. The molecule has 0 spiro atoms. The summed E-state index contributed by atoms with van der Waals surface area (Å²) in [7, 11) is 0. The molecular weight excluding hydrogens is 282 g/mol. The SMILES string of the molecule is Cc1[nH]cnc1CN1CCOC[C@H](Cc2cc(=O)[nH]cn2)C1. The van der Waals surface area contributed by atoms with Gasteiger partial charge in [-0.25, -0.2) is 9.97 Å². The van der Waals surface area contributed by atoms with Gasteiger partial charge >= 0.3 is 0 Å². The molecule has 1 atom stereocenters. The third-order valence-electron chi connectivity index (χ3n) is 3.96. The van der Waals surface area contributed by atoms with Gasteiger partial charge in [0.1, 0.15) is 0 Å². The van der Waals surface area contributed by atoms with Crippen LogP contribution in [-0.2, 0) is 17.7 Å². The van der Waals surface area contributed by atoms with Gasteiger partial charge in [-0.05, 0) is 13.3 Å². The molecule has 0 amide bonds. The van der Waals surface area contributed by atoms with E-state index in [0.717, 1.165) is 49.7 Å². The first-order chi connectivity index (χ1) is 10.7. The molecule has 1 aliphatic rings. The van der Waals surface area contributed by atoms with Crippen LogP contribution in [0.1, 0.15) is 17.1 Å². The summed E-state index contributed by atoms with van der Waals surface area (Å²) in [5.74, 6) is 0.330. The molecule has 0 bridgehead atoms. The summed E-state index contributed by atoms with van der Waals surface area (Å²) >= 11 is 0. The molecule has 118 valence electrons. The van der Waals surface area contributed by atoms with E-state index in [4.69, 9.17) is 4.74 Å². The monoisotopic (exact) mass is 303 g/mol. The third kappa shape index (κ3) is 3.80. The van der Waals surface area contributed by atoms with Crippen LogP contribution >= 0.6 is 0 Å². The van der Waals surface area contributed by atoms with E-state index in [-0.39, 0.29) is 5.56 Å². The van der Waals surface area contributed by atoms with E-state index in [0.29, 0.717) is 12.5 Å². The molecule has 3 heterocycles. The summed E-state index contributed by atoms with van der Waals surface area (Å²) in [6.45, 7) is 6.09. The third-order valence-corrected chi connectivity index (χ3v) is 3.96. The Bertz CT molecular complexity index is 666. The summed E-state index contributed by atoms with van der Waals surface area (Å²) in [5.41, 5.74) is 2.89. The van der Waals surface area contributed by atoms with E-state index in [2.05, 4.69) is 24.8 Å². The molecule has 1 saturated heterocycles. The molecular formula is C15H21N5O2. The molecule has 0 unspecified atom stereocenters. The standard InChI is InChI=1S/C15H21N5O2/c1-11-14(18-9-16-11)7-20-2-3-22-8-12(6-20)4-13-5-15(21)19-10-17-13/h5,9-10,12H,2-4,6-8H2,1H3,(H,16,18)(H,17,19,21)/t12-/m1/s1. The number of hydrogen-bond donors (Lipinski definition) is 2. The number of aryl methyl sites for hydroxylation is 1. The molecule has 0 aliphatic carbocycles. The molecule has 7 nitrogen and oxygen atoms in total. The molecule has 2 N–H and O–H groups in total. The molecule has 2 aromatic heterocycles. The zero-order chi connectivity index (χ0) is 15.4. The maximum absolute atomic E-state index is 11.4. The van der Waals surface area contributed by atoms with Gasteiger partial charge in [0.25, 0.3) is 5.56 Å². The smallest absolute Gasteiger partial charge is 0.250 e. The molecule has 0 radical (unpaired) electrons. The number of imidazole rings is 1. The molecule has 2 aromatic rings. The predicted molar refractivity (Wildman–Crippen MR) is 81.5 cm³/mol. The van der Waals surface area contributed by atoms with Gasteiger partial charge in [0, 0.05) is 43.0 Å². The van der Waals surface area contributed by atoms with Gasteiger partial charge in [-0.2, -0.15) is 0 Å². The Morgan fingerprint density at radius 2 is 2.23 bits per heavy atom. The van der Waals surface area contributed by atoms with Gasteiger partial charge in [0.2, 0.25) is 0 Å². The van der Waals surface area contributed by atoms with Gasteiger partial charge < -0.3 is 14.7 Å². The fourth-order valence-electron chi connectivity index (χ4n) is 2.79. The fourth-order valence-corrected chi connectivity index (χ4v) is 2.79. The Kier molecular flexibility index (Phi) is 4.65. The van der Waals surface area contributed by atoms with Gasteiger partial charge in [-0.3, -0.25) is 9.69 Å². The molecule has 22 heavy (non-hydrogen) atoms. The average Bonchev–Trinajstić information content (AvgIpc) is 2.76. The van der Waals surface area contributed by atoms with Crippen LogP contribution in [0, 0.1) is 12.8 Å². The van der Waals surface area contributed by atoms with E-state index in [9.17, 15) is 4.79 Å². The van der Waals surface area contributed by atoms with Crippen LogP contribution in [0.3, 0.4) is 0 Å². The van der Waals surface area contributed by atoms with Crippen LogP contribution in [0.2, 0.25) is 0 Å². The van der Waals surface area contributed by atoms with Crippen molar-refractivity contribution in [2.24, 2.45) is 5.92 Å². The van der Waals surface area contributed by atoms with Gasteiger partial charge in [-0.15, -0.1) is 0 Å². The quantitative estimate of drug-likeness (QED) is 0.858. The second kappa shape index (κ2) is 6.85. The van der Waals surface area contributed by atoms with Crippen molar-refractivity contribution < 1.29 is 4.74 Å². The Labute approximate surface area is 128 Å². The number of rotatable bonds is 4. The maximum Gasteiger partial charge on any atom is 0.250 e. The lowest BCUT2D eigenvalue weighted by Gasteiger charge is -2.22. The lowest BCUT2D eigenvalue weighted by atomic mass is 10.0. The zero-order valence-electron chi connectivity index (χ0n) is 12.7. The minimum atomic E-state index is -0.108. The highest BCUT2D eigenvalue weighted by Gasteiger charge is 2.20. The zero-order valence-corrected chi connectivity index (χ0v) is 12.7. The van der Waals surface area contributed by atoms with Crippen molar-refractivity contribution in [3.63, 3.8) is 0 Å². The van der Waals surface area contributed by atoms with Crippen molar-refractivity contribution in [2.45, 2.75) is 19.9 Å². The van der Waals surface area contributed by atoms with Crippen molar-refractivity contribution in [3.05, 3.63) is 46.2 Å². The van der Waals surface area contributed by atoms with Crippen molar-refractivity contribution in [2.75, 3.05) is 26.3 Å². The topological polar surface area (TPSA) is 86.9 Å². The highest BCUT2D eigenvalue weighted by molar-refractivity contribution is 5.08. The van der Waals surface area contributed by atoms with Gasteiger partial charge in [0.15, 0.2) is 0 Å². The largest absolute Gasteiger partial charge is 0.380 e. The second-order valence-electron chi connectivity index (χ2n) is 5.76. The van der Waals surface area contributed by atoms with E-state index < -0.39 is 0 Å².